The summed E-state index contributed by atoms with van der Waals surface area (Å²) in [5.41, 5.74) is 10.1. The number of methoxy groups -OCH3 is 1. The van der Waals surface area contributed by atoms with Crippen LogP contribution >= 0.6 is 12.4 Å². The van der Waals surface area contributed by atoms with Gasteiger partial charge in [-0.15, -0.1) is 12.4 Å². The molecule has 454 valence electrons. The zero-order chi connectivity index (χ0) is 57.5. The third-order valence-electron chi connectivity index (χ3n) is 17.1. The summed E-state index contributed by atoms with van der Waals surface area (Å²) in [6.07, 6.45) is 27.6. The standard InChI is InChI=1S/C27H36N4O3.C26H34N4O3.C12H15NO2.CH4.ClH/c1-34-26(33)18-22(23-5-2-14-28-19-23)7-6-20-12-16-31(17-13-20)25(32)11-10-24-9-8-21-4-3-15-29-27(21)30-24;31-24(10-9-23-8-7-20-3-2-14-28-26(20)29-23)30-15-11-19(12-16-30)5-6-21(17-25(32)33)22-4-1-13-27-18-22;14-12(15)8-7-10-6-5-9-3-1-2-4-11(9)13-10;;/h2,5,8-9,14,19-20,22H,3-4,6-7,10-13,15-18H2,1H3,(H,29,30);1,4,7-8,13,18-19,21H,2-3,5-6,9-12,14-17H2,(H,28,29)(H,32,33);5-6H,1-4,7-8H2,(H,14,15);1H4;1H. The number of ether oxygens (including phenoxy) is 1. The van der Waals surface area contributed by atoms with Crippen molar-refractivity contribution in [3.63, 3.8) is 0 Å². The molecule has 0 bridgehead atoms. The minimum absolute atomic E-state index is 0. The van der Waals surface area contributed by atoms with Crippen LogP contribution in [0.5, 0.6) is 0 Å². The zero-order valence-electron chi connectivity index (χ0n) is 48.5. The fourth-order valence-electron chi connectivity index (χ4n) is 12.1. The van der Waals surface area contributed by atoms with Crippen LogP contribution in [0.2, 0.25) is 0 Å². The van der Waals surface area contributed by atoms with Gasteiger partial charge < -0.3 is 35.4 Å². The molecule has 18 heteroatoms. The Morgan fingerprint density at radius 1 is 0.571 bits per heavy atom. The average molecular weight is 1170 g/mol. The van der Waals surface area contributed by atoms with E-state index in [2.05, 4.69) is 55.9 Å². The number of likely N-dealkylation sites (tertiary alicyclic amines) is 2. The lowest BCUT2D eigenvalue weighted by atomic mass is 9.85. The molecular formula is C66H90ClN9O8. The molecule has 10 rings (SSSR count). The molecule has 2 atom stereocenters. The van der Waals surface area contributed by atoms with Crippen molar-refractivity contribution in [2.24, 2.45) is 11.8 Å². The first-order valence-electron chi connectivity index (χ1n) is 30.2. The van der Waals surface area contributed by atoms with E-state index in [1.165, 1.54) is 42.3 Å². The highest BCUT2D eigenvalue weighted by atomic mass is 35.5. The maximum atomic E-state index is 12.8. The minimum Gasteiger partial charge on any atom is -0.481 e. The molecule has 84 heavy (non-hydrogen) atoms. The second-order valence-corrected chi connectivity index (χ2v) is 22.8. The number of fused-ring (bicyclic) bond motifs is 3. The topological polar surface area (TPSA) is 230 Å². The number of nitrogens with zero attached hydrogens (tertiary/aromatic N) is 7. The first-order chi connectivity index (χ1) is 40.0. The van der Waals surface area contributed by atoms with Crippen molar-refractivity contribution in [3.05, 3.63) is 136 Å². The van der Waals surface area contributed by atoms with Gasteiger partial charge in [-0.2, -0.15) is 0 Å². The Bertz CT molecular complexity index is 2860. The van der Waals surface area contributed by atoms with Gasteiger partial charge in [0.15, 0.2) is 0 Å². The number of carboxylic acid groups (broad SMARTS) is 2. The first kappa shape index (κ1) is 66.1. The number of piperidine rings is 2. The lowest BCUT2D eigenvalue weighted by Gasteiger charge is -2.32. The van der Waals surface area contributed by atoms with Crippen LogP contribution in [0.4, 0.5) is 11.6 Å². The zero-order valence-corrected chi connectivity index (χ0v) is 49.3. The molecule has 1 aliphatic carbocycles. The van der Waals surface area contributed by atoms with E-state index in [9.17, 15) is 29.1 Å². The van der Waals surface area contributed by atoms with Gasteiger partial charge in [0, 0.05) is 106 Å². The summed E-state index contributed by atoms with van der Waals surface area (Å²) < 4.78 is 4.91. The number of aliphatic carboxylic acids is 2. The molecular weight excluding hydrogens is 1080 g/mol. The molecule has 4 aliphatic heterocycles. The van der Waals surface area contributed by atoms with E-state index in [1.807, 2.05) is 46.3 Å². The Morgan fingerprint density at radius 2 is 1.02 bits per heavy atom. The Balaban J connectivity index is 0.000000213. The van der Waals surface area contributed by atoms with Crippen molar-refractivity contribution in [1.29, 1.82) is 0 Å². The number of hydrogen-bond acceptors (Lipinski definition) is 13. The molecule has 5 aromatic rings. The lowest BCUT2D eigenvalue weighted by Crippen LogP contribution is -2.38. The summed E-state index contributed by atoms with van der Waals surface area (Å²) in [5.74, 6) is 1.94. The molecule has 0 aromatic carbocycles. The fraction of sp³-hybridized carbons (Fsp3) is 0.545. The van der Waals surface area contributed by atoms with Crippen LogP contribution in [0.25, 0.3) is 0 Å². The number of rotatable bonds is 21. The summed E-state index contributed by atoms with van der Waals surface area (Å²) in [6.45, 7) is 5.16. The Morgan fingerprint density at radius 3 is 1.49 bits per heavy atom. The average Bonchev–Trinajstić information content (AvgIpc) is 3.72. The Labute approximate surface area is 503 Å². The van der Waals surface area contributed by atoms with Crippen LogP contribution in [-0.4, -0.2) is 121 Å². The van der Waals surface area contributed by atoms with Gasteiger partial charge in [-0.3, -0.25) is 38.9 Å². The molecule has 4 N–H and O–H groups in total. The number of halogens is 1. The molecule has 2 fully saturated rings. The molecule has 5 aliphatic rings. The van der Waals surface area contributed by atoms with Crippen LogP contribution in [0.15, 0.2) is 85.5 Å². The van der Waals surface area contributed by atoms with Gasteiger partial charge in [0.05, 0.1) is 26.4 Å². The van der Waals surface area contributed by atoms with Crippen molar-refractivity contribution in [2.45, 2.75) is 173 Å². The summed E-state index contributed by atoms with van der Waals surface area (Å²) in [6, 6.07) is 20.3. The van der Waals surface area contributed by atoms with Gasteiger partial charge in [0.2, 0.25) is 11.8 Å². The van der Waals surface area contributed by atoms with Gasteiger partial charge in [0.1, 0.15) is 11.6 Å². The van der Waals surface area contributed by atoms with Gasteiger partial charge in [-0.25, -0.2) is 9.97 Å². The highest BCUT2D eigenvalue weighted by Crippen LogP contribution is 2.33. The van der Waals surface area contributed by atoms with Gasteiger partial charge in [-0.05, 0) is 197 Å². The first-order valence-corrected chi connectivity index (χ1v) is 30.2. The smallest absolute Gasteiger partial charge is 0.306 e. The lowest BCUT2D eigenvalue weighted by molar-refractivity contribution is -0.141. The normalized spacial score (nSPS) is 16.2. The quantitative estimate of drug-likeness (QED) is 0.0501. The number of nitrogens with one attached hydrogen (secondary N) is 2. The van der Waals surface area contributed by atoms with Crippen LogP contribution in [0.3, 0.4) is 0 Å². The van der Waals surface area contributed by atoms with E-state index < -0.39 is 11.9 Å². The van der Waals surface area contributed by atoms with Gasteiger partial charge in [0.25, 0.3) is 0 Å². The number of aromatic nitrogens is 5. The number of carboxylic acids is 2. The number of carbonyl (C=O) groups excluding carboxylic acids is 3. The summed E-state index contributed by atoms with van der Waals surface area (Å²) in [4.78, 5) is 85.5. The molecule has 2 saturated heterocycles. The molecule has 0 spiro atoms. The molecule has 9 heterocycles. The Kier molecular flexibility index (Phi) is 27.3. The maximum absolute atomic E-state index is 12.8. The number of amides is 2. The largest absolute Gasteiger partial charge is 0.481 e. The van der Waals surface area contributed by atoms with E-state index in [0.717, 1.165) is 169 Å². The summed E-state index contributed by atoms with van der Waals surface area (Å²) in [7, 11) is 1.44. The van der Waals surface area contributed by atoms with Crippen molar-refractivity contribution < 1.29 is 38.9 Å². The van der Waals surface area contributed by atoms with Gasteiger partial charge in [-0.1, -0.05) is 37.8 Å². The number of anilines is 2. The predicted molar refractivity (Wildman–Crippen MR) is 329 cm³/mol. The maximum Gasteiger partial charge on any atom is 0.306 e. The summed E-state index contributed by atoms with van der Waals surface area (Å²) >= 11 is 0. The number of hydrogen-bond donors (Lipinski definition) is 4. The van der Waals surface area contributed by atoms with Crippen LogP contribution in [-0.2, 0) is 73.7 Å². The Hall–Kier alpha value is -7.01. The van der Waals surface area contributed by atoms with Crippen LogP contribution < -0.4 is 10.6 Å². The SMILES string of the molecule is C.COC(=O)CC(CCC1CCN(C(=O)CCc2ccc3c(n2)NCCC3)CC1)c1cccnc1.Cl.O=C(O)CC(CCC1CCN(C(=O)CCc2ccc3c(n2)NCCC3)CC1)c1cccnc1.O=C(O)CCc1ccc2c(n1)CCCC2. The second kappa shape index (κ2) is 34.7. The highest BCUT2D eigenvalue weighted by Gasteiger charge is 2.27. The third kappa shape index (κ3) is 20.9. The monoisotopic (exact) mass is 1170 g/mol. The predicted octanol–water partition coefficient (Wildman–Crippen LogP) is 11.2. The van der Waals surface area contributed by atoms with Gasteiger partial charge >= 0.3 is 17.9 Å². The number of pyridine rings is 5. The van der Waals surface area contributed by atoms with E-state index in [-0.39, 0.29) is 62.3 Å². The van der Waals surface area contributed by atoms with Crippen LogP contribution in [0, 0.1) is 11.8 Å². The molecule has 0 saturated carbocycles. The van der Waals surface area contributed by atoms with E-state index in [4.69, 9.17) is 19.8 Å². The third-order valence-corrected chi connectivity index (χ3v) is 17.1. The van der Waals surface area contributed by atoms with Crippen molar-refractivity contribution in [3.8, 4) is 0 Å². The molecule has 17 nitrogen and oxygen atoms in total. The minimum atomic E-state index is -0.770. The number of esters is 1. The fourth-order valence-corrected chi connectivity index (χ4v) is 12.1. The molecule has 2 amide bonds. The van der Waals surface area contributed by atoms with E-state index >= 15 is 0 Å². The number of aryl methyl sites for hydroxylation is 7. The van der Waals surface area contributed by atoms with Crippen molar-refractivity contribution in [2.75, 3.05) is 57.0 Å². The van der Waals surface area contributed by atoms with E-state index in [1.54, 1.807) is 18.6 Å². The summed E-state index contributed by atoms with van der Waals surface area (Å²) in [5, 5.41) is 24.6. The van der Waals surface area contributed by atoms with E-state index in [0.29, 0.717) is 50.4 Å². The van der Waals surface area contributed by atoms with Crippen molar-refractivity contribution >= 4 is 53.8 Å². The second-order valence-electron chi connectivity index (χ2n) is 22.8. The molecule has 5 aromatic heterocycles. The molecule has 0 radical (unpaired) electrons. The highest BCUT2D eigenvalue weighted by molar-refractivity contribution is 5.85. The number of carbonyl (C=O) groups is 5. The van der Waals surface area contributed by atoms with Crippen LogP contribution in [0.1, 0.15) is 179 Å². The molecule has 2 unspecified atom stereocenters. The van der Waals surface area contributed by atoms with Crippen molar-refractivity contribution in [1.82, 2.24) is 34.7 Å².